The molecule has 2 heterocycles. The van der Waals surface area contributed by atoms with Gasteiger partial charge in [0.25, 0.3) is 10.0 Å². The fourth-order valence-corrected chi connectivity index (χ4v) is 5.78. The van der Waals surface area contributed by atoms with Crippen molar-refractivity contribution in [1.29, 1.82) is 0 Å². The largest absolute Gasteiger partial charge is 0.444 e. The summed E-state index contributed by atoms with van der Waals surface area (Å²) in [5, 5.41) is 2.70. The topological polar surface area (TPSA) is 75.7 Å². The summed E-state index contributed by atoms with van der Waals surface area (Å²) in [6, 6.07) is 3.23. The van der Waals surface area contributed by atoms with Crippen molar-refractivity contribution in [2.24, 2.45) is 0 Å². The molecule has 6 nitrogen and oxygen atoms in total. The maximum absolute atomic E-state index is 12.9. The molecule has 24 heavy (non-hydrogen) atoms. The highest BCUT2D eigenvalue weighted by molar-refractivity contribution is 7.91. The van der Waals surface area contributed by atoms with Gasteiger partial charge < -0.3 is 10.1 Å². The van der Waals surface area contributed by atoms with Crippen molar-refractivity contribution in [3.05, 3.63) is 17.0 Å². The molecule has 1 saturated heterocycles. The minimum Gasteiger partial charge on any atom is -0.444 e. The van der Waals surface area contributed by atoms with Gasteiger partial charge in [-0.25, -0.2) is 13.2 Å². The van der Waals surface area contributed by atoms with Crippen LogP contribution in [-0.2, 0) is 14.8 Å². The number of alkyl carbamates (subject to hydrolysis) is 1. The van der Waals surface area contributed by atoms with E-state index in [4.69, 9.17) is 4.74 Å². The van der Waals surface area contributed by atoms with Gasteiger partial charge in [0.05, 0.1) is 0 Å². The van der Waals surface area contributed by atoms with E-state index < -0.39 is 21.7 Å². The van der Waals surface area contributed by atoms with Crippen molar-refractivity contribution in [2.45, 2.75) is 62.8 Å². The molecular weight excluding hydrogens is 348 g/mol. The lowest BCUT2D eigenvalue weighted by atomic mass is 10.1. The Labute approximate surface area is 148 Å². The minimum atomic E-state index is -3.51. The highest BCUT2D eigenvalue weighted by Crippen LogP contribution is 2.29. The van der Waals surface area contributed by atoms with Crippen LogP contribution in [0.15, 0.2) is 16.3 Å². The first-order chi connectivity index (χ1) is 11.1. The SMILES string of the molecule is Cc1ccc(S(=O)(=O)N2CCCCC2CNC(=O)OC(C)(C)C)s1. The summed E-state index contributed by atoms with van der Waals surface area (Å²) in [6.07, 6.45) is 2.01. The molecule has 0 radical (unpaired) electrons. The number of piperidine rings is 1. The summed E-state index contributed by atoms with van der Waals surface area (Å²) in [5.41, 5.74) is -0.573. The van der Waals surface area contributed by atoms with Gasteiger partial charge in [0.15, 0.2) is 0 Å². The Hall–Kier alpha value is -1.12. The lowest BCUT2D eigenvalue weighted by Crippen LogP contribution is -2.49. The number of aryl methyl sites for hydroxylation is 1. The van der Waals surface area contributed by atoms with E-state index in [-0.39, 0.29) is 12.6 Å². The van der Waals surface area contributed by atoms with Gasteiger partial charge in [-0.1, -0.05) is 6.42 Å². The normalized spacial score (nSPS) is 19.9. The van der Waals surface area contributed by atoms with Gasteiger partial charge in [0, 0.05) is 24.0 Å². The first kappa shape index (κ1) is 19.2. The first-order valence-corrected chi connectivity index (χ1v) is 10.4. The van der Waals surface area contributed by atoms with Crippen LogP contribution < -0.4 is 5.32 Å². The van der Waals surface area contributed by atoms with Crippen LogP contribution in [0, 0.1) is 6.92 Å². The van der Waals surface area contributed by atoms with E-state index in [1.165, 1.54) is 15.6 Å². The molecule has 0 aliphatic carbocycles. The van der Waals surface area contributed by atoms with Crippen LogP contribution in [0.2, 0.25) is 0 Å². The Bertz CT molecular complexity index is 676. The zero-order valence-corrected chi connectivity index (χ0v) is 16.3. The van der Waals surface area contributed by atoms with Crippen molar-refractivity contribution in [3.63, 3.8) is 0 Å². The monoisotopic (exact) mass is 374 g/mol. The highest BCUT2D eigenvalue weighted by Gasteiger charge is 2.34. The fraction of sp³-hybridized carbons (Fsp3) is 0.688. The van der Waals surface area contributed by atoms with E-state index >= 15 is 0 Å². The van der Waals surface area contributed by atoms with E-state index in [1.54, 1.807) is 26.8 Å². The molecule has 0 saturated carbocycles. The number of carbonyl (C=O) groups excluding carboxylic acids is 1. The van der Waals surface area contributed by atoms with Crippen LogP contribution >= 0.6 is 11.3 Å². The molecule has 1 aliphatic rings. The first-order valence-electron chi connectivity index (χ1n) is 8.15. The number of thiophene rings is 1. The summed E-state index contributed by atoms with van der Waals surface area (Å²) in [4.78, 5) is 12.8. The molecule has 0 spiro atoms. The van der Waals surface area contributed by atoms with Crippen molar-refractivity contribution < 1.29 is 17.9 Å². The second-order valence-corrected chi connectivity index (χ2v) is 10.4. The molecule has 1 atom stereocenters. The molecule has 1 aromatic rings. The third-order valence-electron chi connectivity index (χ3n) is 3.73. The second-order valence-electron chi connectivity index (χ2n) is 7.01. The lowest BCUT2D eigenvalue weighted by molar-refractivity contribution is 0.0512. The van der Waals surface area contributed by atoms with Gasteiger partial charge in [-0.05, 0) is 52.7 Å². The van der Waals surface area contributed by atoms with Crippen LogP contribution in [0.25, 0.3) is 0 Å². The van der Waals surface area contributed by atoms with Crippen LogP contribution in [0.1, 0.15) is 44.9 Å². The molecule has 1 aromatic heterocycles. The number of ether oxygens (including phenoxy) is 1. The Morgan fingerprint density at radius 3 is 2.67 bits per heavy atom. The van der Waals surface area contributed by atoms with Gasteiger partial charge in [-0.15, -0.1) is 11.3 Å². The molecule has 1 amide bonds. The van der Waals surface area contributed by atoms with Gasteiger partial charge in [0.1, 0.15) is 9.81 Å². The van der Waals surface area contributed by atoms with Crippen LogP contribution in [-0.4, -0.2) is 43.5 Å². The quantitative estimate of drug-likeness (QED) is 0.878. The Kier molecular flexibility index (Phi) is 5.93. The summed E-state index contributed by atoms with van der Waals surface area (Å²) in [6.45, 7) is 8.02. The molecule has 1 fully saturated rings. The standard InChI is InChI=1S/C16H26N2O4S2/c1-12-8-9-14(23-12)24(20,21)18-10-6-5-7-13(18)11-17-15(19)22-16(2,3)4/h8-9,13H,5-7,10-11H2,1-4H3,(H,17,19). The molecule has 0 bridgehead atoms. The third-order valence-corrected chi connectivity index (χ3v) is 7.15. The second kappa shape index (κ2) is 7.41. The number of carbonyl (C=O) groups is 1. The van der Waals surface area contributed by atoms with Crippen molar-refractivity contribution in [1.82, 2.24) is 9.62 Å². The maximum atomic E-state index is 12.9. The molecule has 2 rings (SSSR count). The average molecular weight is 375 g/mol. The minimum absolute atomic E-state index is 0.237. The fourth-order valence-electron chi connectivity index (χ4n) is 2.68. The van der Waals surface area contributed by atoms with E-state index in [0.29, 0.717) is 10.8 Å². The van der Waals surface area contributed by atoms with Crippen molar-refractivity contribution in [2.75, 3.05) is 13.1 Å². The number of rotatable bonds is 4. The predicted molar refractivity (Wildman–Crippen MR) is 94.8 cm³/mol. The number of amides is 1. The van der Waals surface area contributed by atoms with Gasteiger partial charge in [0.2, 0.25) is 0 Å². The van der Waals surface area contributed by atoms with Gasteiger partial charge >= 0.3 is 6.09 Å². The lowest BCUT2D eigenvalue weighted by Gasteiger charge is -2.34. The zero-order valence-electron chi connectivity index (χ0n) is 14.7. The number of nitrogens with zero attached hydrogens (tertiary/aromatic N) is 1. The maximum Gasteiger partial charge on any atom is 0.407 e. The number of hydrogen-bond donors (Lipinski definition) is 1. The summed E-state index contributed by atoms with van der Waals surface area (Å²) < 4.78 is 32.9. The van der Waals surface area contributed by atoms with E-state index in [0.717, 1.165) is 24.1 Å². The Morgan fingerprint density at radius 2 is 2.08 bits per heavy atom. The van der Waals surface area contributed by atoms with Crippen molar-refractivity contribution in [3.8, 4) is 0 Å². The van der Waals surface area contributed by atoms with Crippen molar-refractivity contribution >= 4 is 27.5 Å². The molecule has 1 N–H and O–H groups in total. The van der Waals surface area contributed by atoms with Gasteiger partial charge in [-0.2, -0.15) is 4.31 Å². The van der Waals surface area contributed by atoms with E-state index in [9.17, 15) is 13.2 Å². The Morgan fingerprint density at radius 1 is 1.38 bits per heavy atom. The van der Waals surface area contributed by atoms with Crippen LogP contribution in [0.5, 0.6) is 0 Å². The molecule has 136 valence electrons. The van der Waals surface area contributed by atoms with E-state index in [2.05, 4.69) is 5.32 Å². The number of sulfonamides is 1. The molecule has 1 unspecified atom stereocenters. The van der Waals surface area contributed by atoms with Crippen LogP contribution in [0.3, 0.4) is 0 Å². The number of nitrogens with one attached hydrogen (secondary N) is 1. The highest BCUT2D eigenvalue weighted by atomic mass is 32.2. The summed E-state index contributed by atoms with van der Waals surface area (Å²) >= 11 is 1.28. The predicted octanol–water partition coefficient (Wildman–Crippen LogP) is 3.12. The van der Waals surface area contributed by atoms with Crippen LogP contribution in [0.4, 0.5) is 4.79 Å². The zero-order chi connectivity index (χ0) is 18.0. The molecule has 8 heteroatoms. The summed E-state index contributed by atoms with van der Waals surface area (Å²) in [7, 11) is -3.51. The summed E-state index contributed by atoms with van der Waals surface area (Å²) in [5.74, 6) is 0. The molecule has 0 aromatic carbocycles. The van der Waals surface area contributed by atoms with E-state index in [1.807, 2.05) is 13.0 Å². The smallest absolute Gasteiger partial charge is 0.407 e. The third kappa shape index (κ3) is 4.94. The number of hydrogen-bond acceptors (Lipinski definition) is 5. The molecular formula is C16H26N2O4S2. The Balaban J connectivity index is 2.06. The van der Waals surface area contributed by atoms with Gasteiger partial charge in [-0.3, -0.25) is 0 Å². The molecule has 1 aliphatic heterocycles. The average Bonchev–Trinajstić information content (AvgIpc) is 2.91.